The van der Waals surface area contributed by atoms with Crippen LogP contribution in [0.4, 0.5) is 0 Å². The van der Waals surface area contributed by atoms with E-state index < -0.39 is 18.6 Å². The van der Waals surface area contributed by atoms with Crippen LogP contribution in [-0.4, -0.2) is 41.1 Å². The second kappa shape index (κ2) is 8.84. The van der Waals surface area contributed by atoms with E-state index in [1.807, 2.05) is 42.5 Å². The molecule has 1 aliphatic heterocycles. The van der Waals surface area contributed by atoms with Gasteiger partial charge < -0.3 is 4.74 Å². The number of fused-ring (bicyclic) bond motifs is 1. The highest BCUT2D eigenvalue weighted by Gasteiger charge is 2.51. The van der Waals surface area contributed by atoms with Crippen molar-refractivity contribution in [1.29, 1.82) is 0 Å². The van der Waals surface area contributed by atoms with Crippen molar-refractivity contribution in [3.05, 3.63) is 60.2 Å². The molecule has 160 valence electrons. The molecule has 0 aromatic heterocycles. The number of rotatable bonds is 6. The Labute approximate surface area is 181 Å². The molecule has 2 aromatic carbocycles. The fraction of sp³-hybridized carbons (Fsp3) is 0.360. The molecule has 0 bridgehead atoms. The topological polar surface area (TPSA) is 80.8 Å². The van der Waals surface area contributed by atoms with Gasteiger partial charge in [-0.15, -0.1) is 0 Å². The number of ether oxygens (including phenoxy) is 1. The Morgan fingerprint density at radius 1 is 0.903 bits per heavy atom. The van der Waals surface area contributed by atoms with Crippen LogP contribution in [0.5, 0.6) is 0 Å². The van der Waals surface area contributed by atoms with E-state index in [1.165, 1.54) is 6.92 Å². The molecule has 2 amide bonds. The van der Waals surface area contributed by atoms with Crippen molar-refractivity contribution in [2.75, 3.05) is 6.61 Å². The van der Waals surface area contributed by atoms with Crippen LogP contribution < -0.4 is 0 Å². The molecule has 1 saturated heterocycles. The number of hydrogen-bond acceptors (Lipinski definition) is 5. The number of nitrogens with zero attached hydrogens (tertiary/aromatic N) is 1. The second-order valence-corrected chi connectivity index (χ2v) is 8.19. The molecule has 2 aromatic rings. The molecule has 2 fully saturated rings. The van der Waals surface area contributed by atoms with Crippen molar-refractivity contribution in [3.8, 4) is 11.1 Å². The van der Waals surface area contributed by atoms with E-state index in [0.717, 1.165) is 28.9 Å². The molecule has 3 atom stereocenters. The van der Waals surface area contributed by atoms with Crippen molar-refractivity contribution in [2.45, 2.75) is 38.6 Å². The summed E-state index contributed by atoms with van der Waals surface area (Å²) >= 11 is 0. The predicted molar refractivity (Wildman–Crippen MR) is 114 cm³/mol. The summed E-state index contributed by atoms with van der Waals surface area (Å²) in [6, 6.07) is 15.8. The van der Waals surface area contributed by atoms with Crippen LogP contribution in [0.3, 0.4) is 0 Å². The summed E-state index contributed by atoms with van der Waals surface area (Å²) < 4.78 is 5.16. The number of benzene rings is 2. The van der Waals surface area contributed by atoms with Crippen LogP contribution in [0.1, 0.15) is 43.0 Å². The SMILES string of the molecule is C[C@@H](C(=O)OCC(=O)c1ccc(-c2ccccc2)cc1)N1C(=O)[C@H]2CCCC[C@H]2C1=O. The maximum atomic E-state index is 12.6. The molecule has 6 heteroatoms. The maximum Gasteiger partial charge on any atom is 0.329 e. The average Bonchev–Trinajstić information content (AvgIpc) is 3.07. The van der Waals surface area contributed by atoms with Crippen molar-refractivity contribution in [1.82, 2.24) is 4.90 Å². The second-order valence-electron chi connectivity index (χ2n) is 8.19. The minimum Gasteiger partial charge on any atom is -0.456 e. The van der Waals surface area contributed by atoms with E-state index >= 15 is 0 Å². The number of esters is 1. The van der Waals surface area contributed by atoms with Crippen molar-refractivity contribution < 1.29 is 23.9 Å². The van der Waals surface area contributed by atoms with Gasteiger partial charge in [-0.05, 0) is 30.9 Å². The highest BCUT2D eigenvalue weighted by Crippen LogP contribution is 2.38. The van der Waals surface area contributed by atoms with E-state index in [9.17, 15) is 19.2 Å². The molecule has 0 radical (unpaired) electrons. The molecule has 0 N–H and O–H groups in total. The third kappa shape index (κ3) is 4.15. The smallest absolute Gasteiger partial charge is 0.329 e. The minimum absolute atomic E-state index is 0.290. The van der Waals surface area contributed by atoms with Crippen LogP contribution in [0.15, 0.2) is 54.6 Å². The third-order valence-electron chi connectivity index (χ3n) is 6.26. The highest BCUT2D eigenvalue weighted by atomic mass is 16.5. The number of amides is 2. The van der Waals surface area contributed by atoms with Gasteiger partial charge in [-0.1, -0.05) is 67.4 Å². The monoisotopic (exact) mass is 419 g/mol. The maximum absolute atomic E-state index is 12.6. The summed E-state index contributed by atoms with van der Waals surface area (Å²) in [5.41, 5.74) is 2.46. The summed E-state index contributed by atoms with van der Waals surface area (Å²) in [6.45, 7) is 1.05. The van der Waals surface area contributed by atoms with E-state index in [-0.39, 0.29) is 29.4 Å². The molecule has 4 rings (SSSR count). The van der Waals surface area contributed by atoms with Crippen LogP contribution in [0.25, 0.3) is 11.1 Å². The van der Waals surface area contributed by atoms with Gasteiger partial charge in [0, 0.05) is 5.56 Å². The van der Waals surface area contributed by atoms with Crippen molar-refractivity contribution in [3.63, 3.8) is 0 Å². The lowest BCUT2D eigenvalue weighted by Gasteiger charge is -2.21. The highest BCUT2D eigenvalue weighted by molar-refractivity contribution is 6.08. The molecule has 2 aliphatic rings. The standard InChI is InChI=1S/C25H25NO5/c1-16(26-23(28)20-9-5-6-10-21(20)24(26)29)25(30)31-15-22(27)19-13-11-18(12-14-19)17-7-3-2-4-8-17/h2-4,7-8,11-14,16,20-21H,5-6,9-10,15H2,1H3/t16-,20-,21+/m0/s1. The summed E-state index contributed by atoms with van der Waals surface area (Å²) in [4.78, 5) is 51.2. The number of carbonyl (C=O) groups excluding carboxylic acids is 4. The molecule has 0 spiro atoms. The fourth-order valence-electron chi connectivity index (χ4n) is 4.49. The van der Waals surface area contributed by atoms with Gasteiger partial charge in [0.25, 0.3) is 0 Å². The lowest BCUT2D eigenvalue weighted by Crippen LogP contribution is -2.44. The van der Waals surface area contributed by atoms with E-state index in [2.05, 4.69) is 0 Å². The Morgan fingerprint density at radius 3 is 2.03 bits per heavy atom. The summed E-state index contributed by atoms with van der Waals surface area (Å²) in [5, 5.41) is 0. The summed E-state index contributed by atoms with van der Waals surface area (Å²) in [6.07, 6.45) is 3.21. The van der Waals surface area contributed by atoms with Crippen LogP contribution >= 0.6 is 0 Å². The Kier molecular flexibility index (Phi) is 5.98. The van der Waals surface area contributed by atoms with Gasteiger partial charge in [0.2, 0.25) is 11.8 Å². The van der Waals surface area contributed by atoms with E-state index in [1.54, 1.807) is 12.1 Å². The first-order valence-corrected chi connectivity index (χ1v) is 10.7. The summed E-state index contributed by atoms with van der Waals surface area (Å²) in [7, 11) is 0. The van der Waals surface area contributed by atoms with Gasteiger partial charge >= 0.3 is 5.97 Å². The van der Waals surface area contributed by atoms with Crippen LogP contribution in [0, 0.1) is 11.8 Å². The molecular formula is C25H25NO5. The lowest BCUT2D eigenvalue weighted by atomic mass is 9.81. The van der Waals surface area contributed by atoms with Gasteiger partial charge in [-0.25, -0.2) is 4.79 Å². The molecule has 31 heavy (non-hydrogen) atoms. The minimum atomic E-state index is -1.03. The average molecular weight is 419 g/mol. The molecule has 1 saturated carbocycles. The van der Waals surface area contributed by atoms with Gasteiger partial charge in [0.15, 0.2) is 12.4 Å². The quantitative estimate of drug-likeness (QED) is 0.406. The molecule has 6 nitrogen and oxygen atoms in total. The van der Waals surface area contributed by atoms with Gasteiger partial charge in [-0.3, -0.25) is 19.3 Å². The first-order chi connectivity index (χ1) is 15.0. The normalized spacial score (nSPS) is 21.5. The number of ketones is 1. The van der Waals surface area contributed by atoms with E-state index in [0.29, 0.717) is 18.4 Å². The van der Waals surface area contributed by atoms with Crippen molar-refractivity contribution >= 4 is 23.6 Å². The first kappa shape index (κ1) is 21.0. The van der Waals surface area contributed by atoms with Crippen LogP contribution in [-0.2, 0) is 19.1 Å². The number of imide groups is 1. The zero-order chi connectivity index (χ0) is 22.0. The zero-order valence-corrected chi connectivity index (χ0v) is 17.5. The van der Waals surface area contributed by atoms with Gasteiger partial charge in [0.1, 0.15) is 6.04 Å². The van der Waals surface area contributed by atoms with Gasteiger partial charge in [-0.2, -0.15) is 0 Å². The number of Topliss-reactive ketones (excluding diaryl/α,β-unsaturated/α-hetero) is 1. The third-order valence-corrected chi connectivity index (χ3v) is 6.26. The van der Waals surface area contributed by atoms with Crippen molar-refractivity contribution in [2.24, 2.45) is 11.8 Å². The Balaban J connectivity index is 1.35. The number of carbonyl (C=O) groups is 4. The largest absolute Gasteiger partial charge is 0.456 e. The predicted octanol–water partition coefficient (Wildman–Crippen LogP) is 3.64. The van der Waals surface area contributed by atoms with Crippen LogP contribution in [0.2, 0.25) is 0 Å². The zero-order valence-electron chi connectivity index (χ0n) is 17.5. The molecule has 1 heterocycles. The number of likely N-dealkylation sites (tertiary alicyclic amines) is 1. The lowest BCUT2D eigenvalue weighted by molar-refractivity contribution is -0.157. The van der Waals surface area contributed by atoms with E-state index in [4.69, 9.17) is 4.74 Å². The Morgan fingerprint density at radius 2 is 1.45 bits per heavy atom. The Hall–Kier alpha value is -3.28. The first-order valence-electron chi connectivity index (χ1n) is 10.7. The number of hydrogen-bond donors (Lipinski definition) is 0. The fourth-order valence-corrected chi connectivity index (χ4v) is 4.49. The Bertz CT molecular complexity index is 974. The molecule has 1 aliphatic carbocycles. The molecule has 0 unspecified atom stereocenters. The van der Waals surface area contributed by atoms with Gasteiger partial charge in [0.05, 0.1) is 11.8 Å². The molecular weight excluding hydrogens is 394 g/mol. The summed E-state index contributed by atoms with van der Waals surface area (Å²) in [5.74, 6) is -2.30.